The minimum atomic E-state index is -0.147. The monoisotopic (exact) mass is 1140 g/mol. The van der Waals surface area contributed by atoms with Gasteiger partial charge in [0.25, 0.3) is 0 Å². The molecule has 1 fully saturated rings. The molecule has 3 heterocycles. The van der Waals surface area contributed by atoms with Gasteiger partial charge >= 0.3 is 0 Å². The highest BCUT2D eigenvalue weighted by molar-refractivity contribution is 7.00. The summed E-state index contributed by atoms with van der Waals surface area (Å²) in [6.07, 6.45) is 4.81. The van der Waals surface area contributed by atoms with Crippen LogP contribution in [0.1, 0.15) is 194 Å². The van der Waals surface area contributed by atoms with Gasteiger partial charge in [-0.25, -0.2) is 0 Å². The van der Waals surface area contributed by atoms with Crippen LogP contribution >= 0.6 is 0 Å². The molecule has 1 saturated carbocycles. The van der Waals surface area contributed by atoms with Crippen LogP contribution in [-0.4, -0.2) is 6.71 Å². The van der Waals surface area contributed by atoms with E-state index in [1.165, 1.54) is 131 Å². The first-order valence-corrected chi connectivity index (χ1v) is 32.5. The molecule has 0 amide bonds. The van der Waals surface area contributed by atoms with Crippen LogP contribution in [0.5, 0.6) is 0 Å². The Labute approximate surface area is 520 Å². The molecular formula is C83H89BN2O. The topological polar surface area (TPSA) is 19.6 Å². The Hall–Kier alpha value is -7.56. The van der Waals surface area contributed by atoms with Crippen molar-refractivity contribution in [2.45, 2.75) is 182 Å². The van der Waals surface area contributed by atoms with Crippen LogP contribution in [0.2, 0.25) is 0 Å². The van der Waals surface area contributed by atoms with Gasteiger partial charge in [0.15, 0.2) is 0 Å². The van der Waals surface area contributed by atoms with Crippen LogP contribution in [0.15, 0.2) is 180 Å². The molecule has 10 aromatic rings. The number of benzene rings is 9. The Morgan fingerprint density at radius 1 is 0.460 bits per heavy atom. The summed E-state index contributed by atoms with van der Waals surface area (Å²) >= 11 is 0. The molecule has 0 radical (unpaired) electrons. The maximum Gasteiger partial charge on any atom is 0.248 e. The molecule has 440 valence electrons. The Bertz CT molecular complexity index is 4260. The molecule has 0 spiro atoms. The van der Waals surface area contributed by atoms with E-state index < -0.39 is 0 Å². The van der Waals surface area contributed by atoms with E-state index in [1.54, 1.807) is 11.1 Å². The third-order valence-corrected chi connectivity index (χ3v) is 21.5. The van der Waals surface area contributed by atoms with E-state index in [2.05, 4.69) is 303 Å². The highest BCUT2D eigenvalue weighted by Crippen LogP contribution is 2.68. The van der Waals surface area contributed by atoms with Gasteiger partial charge in [-0.15, -0.1) is 0 Å². The largest absolute Gasteiger partial charge is 0.456 e. The van der Waals surface area contributed by atoms with Gasteiger partial charge in [-0.3, -0.25) is 0 Å². The number of anilines is 6. The smallest absolute Gasteiger partial charge is 0.248 e. The van der Waals surface area contributed by atoms with Gasteiger partial charge in [-0.2, -0.15) is 0 Å². The molecule has 3 unspecified atom stereocenters. The summed E-state index contributed by atoms with van der Waals surface area (Å²) in [7, 11) is 0. The molecule has 2 aliphatic heterocycles. The summed E-state index contributed by atoms with van der Waals surface area (Å²) in [5, 5.41) is 2.39. The fourth-order valence-electron chi connectivity index (χ4n) is 16.2. The normalized spacial score (nSPS) is 19.1. The first-order chi connectivity index (χ1) is 41.0. The van der Waals surface area contributed by atoms with Crippen molar-refractivity contribution in [3.63, 3.8) is 0 Å². The molecule has 14 rings (SSSR count). The molecule has 9 aromatic carbocycles. The molecular weight excluding hydrogens is 1050 g/mol. The number of fused-ring (bicyclic) bond motifs is 11. The first kappa shape index (κ1) is 57.2. The molecule has 3 nitrogen and oxygen atoms in total. The Morgan fingerprint density at radius 2 is 0.977 bits per heavy atom. The van der Waals surface area contributed by atoms with Gasteiger partial charge in [0.1, 0.15) is 11.2 Å². The Balaban J connectivity index is 1.20. The number of hydrogen-bond donors (Lipinski definition) is 0. The maximum atomic E-state index is 7.28. The van der Waals surface area contributed by atoms with E-state index in [4.69, 9.17) is 4.42 Å². The number of furan rings is 1. The average Bonchev–Trinajstić information content (AvgIpc) is 1.57. The fraction of sp³-hybridized carbons (Fsp3) is 0.349. The lowest BCUT2D eigenvalue weighted by Gasteiger charge is -2.51. The highest BCUT2D eigenvalue weighted by atomic mass is 16.3. The summed E-state index contributed by atoms with van der Waals surface area (Å²) in [6.45, 7) is 40.6. The lowest BCUT2D eigenvalue weighted by Crippen LogP contribution is -2.63. The predicted molar refractivity (Wildman–Crippen MR) is 374 cm³/mol. The van der Waals surface area contributed by atoms with Gasteiger partial charge in [-0.1, -0.05) is 245 Å². The van der Waals surface area contributed by atoms with E-state index in [-0.39, 0.29) is 50.5 Å². The third-order valence-electron chi connectivity index (χ3n) is 21.5. The quantitative estimate of drug-likeness (QED) is 0.155. The minimum Gasteiger partial charge on any atom is -0.456 e. The van der Waals surface area contributed by atoms with Crippen molar-refractivity contribution in [1.82, 2.24) is 0 Å². The van der Waals surface area contributed by atoms with Crippen LogP contribution < -0.4 is 26.2 Å². The number of nitrogens with zero attached hydrogens (tertiary/aromatic N) is 2. The molecule has 0 saturated heterocycles. The average molecular weight is 1140 g/mol. The van der Waals surface area contributed by atoms with E-state index in [0.717, 1.165) is 22.5 Å². The molecule has 1 aromatic heterocycles. The summed E-state index contributed by atoms with van der Waals surface area (Å²) in [5.41, 5.74) is 28.9. The molecule has 0 N–H and O–H groups in total. The van der Waals surface area contributed by atoms with Crippen molar-refractivity contribution in [3.05, 3.63) is 220 Å². The first-order valence-electron chi connectivity index (χ1n) is 32.5. The summed E-state index contributed by atoms with van der Waals surface area (Å²) in [4.78, 5) is 5.36. The van der Waals surface area contributed by atoms with Crippen molar-refractivity contribution in [2.24, 2.45) is 5.41 Å². The number of rotatable bonds is 6. The Kier molecular flexibility index (Phi) is 12.8. The zero-order chi connectivity index (χ0) is 61.3. The summed E-state index contributed by atoms with van der Waals surface area (Å²) in [6, 6.07) is 69.2. The second-order valence-electron chi connectivity index (χ2n) is 32.2. The molecule has 3 atom stereocenters. The van der Waals surface area contributed by atoms with Crippen LogP contribution in [0.25, 0.3) is 44.2 Å². The van der Waals surface area contributed by atoms with Gasteiger partial charge in [0.2, 0.25) is 6.71 Å². The second kappa shape index (κ2) is 19.5. The van der Waals surface area contributed by atoms with Crippen molar-refractivity contribution < 1.29 is 4.42 Å². The van der Waals surface area contributed by atoms with E-state index in [9.17, 15) is 0 Å². The maximum absolute atomic E-state index is 7.28. The second-order valence-corrected chi connectivity index (χ2v) is 32.2. The molecule has 4 heteroatoms. The van der Waals surface area contributed by atoms with Crippen molar-refractivity contribution in [2.75, 3.05) is 9.80 Å². The zero-order valence-electron chi connectivity index (χ0n) is 55.0. The van der Waals surface area contributed by atoms with Crippen LogP contribution in [0.4, 0.5) is 34.1 Å². The number of hydrogen-bond acceptors (Lipinski definition) is 3. The van der Waals surface area contributed by atoms with E-state index in [1.807, 2.05) is 0 Å². The summed E-state index contributed by atoms with van der Waals surface area (Å²) < 4.78 is 7.28. The fourth-order valence-corrected chi connectivity index (χ4v) is 16.2. The minimum absolute atomic E-state index is 0.00476. The summed E-state index contributed by atoms with van der Waals surface area (Å²) in [5.74, 6) is 0.142. The van der Waals surface area contributed by atoms with E-state index in [0.29, 0.717) is 0 Å². The van der Waals surface area contributed by atoms with Crippen molar-refractivity contribution >= 4 is 79.2 Å². The lowest BCUT2D eigenvalue weighted by molar-refractivity contribution is 0.0926. The Morgan fingerprint density at radius 3 is 1.52 bits per heavy atom. The van der Waals surface area contributed by atoms with Crippen molar-refractivity contribution in [3.8, 4) is 22.3 Å². The van der Waals surface area contributed by atoms with Gasteiger partial charge in [0, 0.05) is 56.3 Å². The molecule has 0 bridgehead atoms. The molecule has 4 aliphatic rings. The highest BCUT2D eigenvalue weighted by Gasteiger charge is 2.63. The molecule has 2 aliphatic carbocycles. The molecule has 87 heavy (non-hydrogen) atoms. The van der Waals surface area contributed by atoms with Gasteiger partial charge in [0.05, 0.1) is 5.69 Å². The SMILES string of the molecule is CC(C)(C)c1ccc(N(c2ccc(C(C)(C)C)cc2)c2cc3c4c(c2)N(c2c(-c5ccccc5)cc(C(C)(C)C)cc2-c2ccccc2)c2ccc5oc6cc(C(C)(C)C)ccc6c5c2B4c2cc(C(C)(C)C)cc4c2C3C2(C)CCCCC42C)cc1. The van der Waals surface area contributed by atoms with Gasteiger partial charge < -0.3 is 14.2 Å². The van der Waals surface area contributed by atoms with Crippen LogP contribution in [0.3, 0.4) is 0 Å². The van der Waals surface area contributed by atoms with Gasteiger partial charge in [-0.05, 0) is 184 Å². The lowest BCUT2D eigenvalue weighted by atomic mass is 9.30. The standard InChI is InChI=1S/C83H89BN2O/c1-77(2,3)53-30-35-58(36-31-53)85(59-37-32-54(33-38-59)78(4,5)6)60-49-64-73-72-65(82(16)42-24-25-43-83(73,82)17)46-57(81(13,14)15)47-66(72)84-74(64)68(50-60)86(67-40-41-69-71(75(67)84)61-39-34-55(79(7,8)9)48-70(61)87-69)76-62(51-26-20-18-21-27-51)44-56(80(10,11)12)45-63(76)52-28-22-19-23-29-52/h18-23,26-41,44-50,73H,24-25,42-43H2,1-17H3. The van der Waals surface area contributed by atoms with Crippen molar-refractivity contribution in [1.29, 1.82) is 0 Å². The van der Waals surface area contributed by atoms with Crippen LogP contribution in [0, 0.1) is 5.41 Å². The van der Waals surface area contributed by atoms with Crippen LogP contribution in [-0.2, 0) is 32.5 Å². The third kappa shape index (κ3) is 8.94. The van der Waals surface area contributed by atoms with E-state index >= 15 is 0 Å². The predicted octanol–water partition coefficient (Wildman–Crippen LogP) is 21.5. The zero-order valence-corrected chi connectivity index (χ0v) is 55.0.